The normalized spacial score (nSPS) is 18.6. The van der Waals surface area contributed by atoms with E-state index in [0.29, 0.717) is 6.10 Å². The lowest BCUT2D eigenvalue weighted by Gasteiger charge is -2.27. The molecule has 0 saturated carbocycles. The Bertz CT molecular complexity index is 844. The minimum atomic E-state index is -1.74. The van der Waals surface area contributed by atoms with Crippen LogP contribution in [0, 0.1) is 0 Å². The minimum absolute atomic E-state index is 0.161. The van der Waals surface area contributed by atoms with E-state index in [1.807, 2.05) is 17.8 Å². The predicted molar refractivity (Wildman–Crippen MR) is 144 cm³/mol. The first-order chi connectivity index (χ1) is 15.3. The first-order valence-electron chi connectivity index (χ1n) is 11.6. The summed E-state index contributed by atoms with van der Waals surface area (Å²) >= 11 is 0. The monoisotopic (exact) mass is 464 g/mol. The topological polar surface area (TPSA) is 18.5 Å². The Morgan fingerprint density at radius 3 is 2.28 bits per heavy atom. The lowest BCUT2D eigenvalue weighted by molar-refractivity contribution is 0.191. The summed E-state index contributed by atoms with van der Waals surface area (Å²) in [6.45, 7) is 16.5. The van der Waals surface area contributed by atoms with Gasteiger partial charge in [0.25, 0.3) is 0 Å². The second kappa shape index (κ2) is 12.9. The highest BCUT2D eigenvalue weighted by atomic mass is 28.4. The number of benzene rings is 2. The highest BCUT2D eigenvalue weighted by Crippen LogP contribution is 2.30. The SMILES string of the molecule is C=CCCC(O[Si](C)(C)C=C)c1ccccc1.C[Si]1(C)C=CCCC(c2ccccc2)O1. The van der Waals surface area contributed by atoms with Gasteiger partial charge in [-0.1, -0.05) is 84.2 Å². The molecule has 0 bridgehead atoms. The van der Waals surface area contributed by atoms with Gasteiger partial charge in [-0.05, 0) is 63.0 Å². The quantitative estimate of drug-likeness (QED) is 0.288. The van der Waals surface area contributed by atoms with E-state index < -0.39 is 16.6 Å². The molecule has 3 rings (SSSR count). The molecule has 0 aliphatic carbocycles. The summed E-state index contributed by atoms with van der Waals surface area (Å²) in [7, 11) is -3.31. The van der Waals surface area contributed by atoms with E-state index in [0.717, 1.165) is 25.7 Å². The van der Waals surface area contributed by atoms with Crippen LogP contribution < -0.4 is 0 Å². The maximum absolute atomic E-state index is 6.25. The van der Waals surface area contributed by atoms with E-state index in [-0.39, 0.29) is 6.10 Å². The van der Waals surface area contributed by atoms with Crippen molar-refractivity contribution in [1.82, 2.24) is 0 Å². The Labute approximate surface area is 197 Å². The van der Waals surface area contributed by atoms with Crippen LogP contribution in [0.1, 0.15) is 49.0 Å². The van der Waals surface area contributed by atoms with Gasteiger partial charge in [0.1, 0.15) is 0 Å². The van der Waals surface area contributed by atoms with E-state index in [9.17, 15) is 0 Å². The van der Waals surface area contributed by atoms with Crippen molar-refractivity contribution in [3.8, 4) is 0 Å². The molecule has 2 nitrogen and oxygen atoms in total. The highest BCUT2D eigenvalue weighted by molar-refractivity contribution is 6.76. The van der Waals surface area contributed by atoms with Crippen LogP contribution in [0.5, 0.6) is 0 Å². The molecule has 4 heteroatoms. The van der Waals surface area contributed by atoms with Crippen molar-refractivity contribution >= 4 is 16.6 Å². The summed E-state index contributed by atoms with van der Waals surface area (Å²) < 4.78 is 12.5. The van der Waals surface area contributed by atoms with E-state index in [1.54, 1.807) is 0 Å². The summed E-state index contributed by atoms with van der Waals surface area (Å²) in [5.41, 5.74) is 6.85. The molecular weight excluding hydrogens is 424 g/mol. The first-order valence-corrected chi connectivity index (χ1v) is 17.6. The third-order valence-electron chi connectivity index (χ3n) is 5.47. The van der Waals surface area contributed by atoms with Crippen molar-refractivity contribution in [3.05, 3.63) is 108 Å². The molecule has 1 aliphatic heterocycles. The summed E-state index contributed by atoms with van der Waals surface area (Å²) in [6.07, 6.45) is 8.89. The maximum Gasteiger partial charge on any atom is 0.211 e. The Kier molecular flexibility index (Phi) is 10.6. The average Bonchev–Trinajstić information content (AvgIpc) is 2.98. The van der Waals surface area contributed by atoms with E-state index in [4.69, 9.17) is 8.85 Å². The zero-order chi connectivity index (χ0) is 23.5. The number of hydrogen-bond donors (Lipinski definition) is 0. The van der Waals surface area contributed by atoms with E-state index in [2.05, 4.69) is 106 Å². The summed E-state index contributed by atoms with van der Waals surface area (Å²) in [5, 5.41) is 0. The van der Waals surface area contributed by atoms with Crippen LogP contribution in [0.4, 0.5) is 0 Å². The number of rotatable bonds is 8. The highest BCUT2D eigenvalue weighted by Gasteiger charge is 2.26. The van der Waals surface area contributed by atoms with Gasteiger partial charge in [0.15, 0.2) is 0 Å². The van der Waals surface area contributed by atoms with Gasteiger partial charge in [-0.25, -0.2) is 0 Å². The van der Waals surface area contributed by atoms with Gasteiger partial charge in [0.2, 0.25) is 16.6 Å². The molecule has 2 unspecified atom stereocenters. The van der Waals surface area contributed by atoms with Crippen molar-refractivity contribution in [2.24, 2.45) is 0 Å². The molecule has 2 aromatic rings. The van der Waals surface area contributed by atoms with Crippen LogP contribution >= 0.6 is 0 Å². The molecule has 0 amide bonds. The standard InChI is InChI=1S/C15H22OSi.C13H18OSi/c1-5-7-13-15(16-17(3,4)6-2)14-11-9-8-10-12-14;1-15(2)11-7-6-10-13(14-15)12-8-4-3-5-9-12/h5-6,8-12,15H,1-2,7,13H2,3-4H3;3-5,7-9,11,13H,6,10H2,1-2H3. The molecule has 0 fully saturated rings. The Morgan fingerprint density at radius 2 is 1.69 bits per heavy atom. The molecule has 0 radical (unpaired) electrons. The molecule has 0 saturated heterocycles. The fourth-order valence-electron chi connectivity index (χ4n) is 3.63. The number of hydrogen-bond acceptors (Lipinski definition) is 2. The van der Waals surface area contributed by atoms with Crippen molar-refractivity contribution in [1.29, 1.82) is 0 Å². The van der Waals surface area contributed by atoms with Crippen molar-refractivity contribution < 1.29 is 8.85 Å². The third kappa shape index (κ3) is 9.25. The van der Waals surface area contributed by atoms with Gasteiger partial charge < -0.3 is 8.85 Å². The second-order valence-corrected chi connectivity index (χ2v) is 16.9. The van der Waals surface area contributed by atoms with Gasteiger partial charge in [0, 0.05) is 0 Å². The molecule has 32 heavy (non-hydrogen) atoms. The van der Waals surface area contributed by atoms with E-state index >= 15 is 0 Å². The number of allylic oxidation sites excluding steroid dienone is 2. The zero-order valence-electron chi connectivity index (χ0n) is 20.3. The zero-order valence-corrected chi connectivity index (χ0v) is 22.3. The van der Waals surface area contributed by atoms with Gasteiger partial charge in [-0.2, -0.15) is 0 Å². The van der Waals surface area contributed by atoms with Gasteiger partial charge in [-0.3, -0.25) is 0 Å². The fraction of sp³-hybridized carbons (Fsp3) is 0.357. The van der Waals surface area contributed by atoms with Gasteiger partial charge in [0.05, 0.1) is 12.2 Å². The largest absolute Gasteiger partial charge is 0.407 e. The van der Waals surface area contributed by atoms with Gasteiger partial charge >= 0.3 is 0 Å². The van der Waals surface area contributed by atoms with Crippen LogP contribution in [-0.2, 0) is 8.85 Å². The van der Waals surface area contributed by atoms with E-state index in [1.165, 1.54) is 11.1 Å². The van der Waals surface area contributed by atoms with Crippen LogP contribution in [0.2, 0.25) is 26.2 Å². The molecule has 172 valence electrons. The summed E-state index contributed by atoms with van der Waals surface area (Å²) in [4.78, 5) is 0. The van der Waals surface area contributed by atoms with Crippen LogP contribution in [0.25, 0.3) is 0 Å². The molecule has 2 aromatic carbocycles. The average molecular weight is 465 g/mol. The van der Waals surface area contributed by atoms with Crippen molar-refractivity contribution in [2.45, 2.75) is 64.1 Å². The molecule has 1 heterocycles. The Morgan fingerprint density at radius 1 is 1.06 bits per heavy atom. The second-order valence-electron chi connectivity index (χ2n) is 9.29. The fourth-order valence-corrected chi connectivity index (χ4v) is 6.51. The Hall–Kier alpha value is -1.99. The molecule has 0 spiro atoms. The Balaban J connectivity index is 0.000000228. The molecular formula is C28H40O2Si2. The lowest BCUT2D eigenvalue weighted by Crippen LogP contribution is -2.29. The summed E-state index contributed by atoms with van der Waals surface area (Å²) in [6, 6.07) is 21.0. The van der Waals surface area contributed by atoms with Crippen molar-refractivity contribution in [3.63, 3.8) is 0 Å². The van der Waals surface area contributed by atoms with Crippen LogP contribution in [-0.4, -0.2) is 16.6 Å². The molecule has 2 atom stereocenters. The molecule has 0 N–H and O–H groups in total. The third-order valence-corrected chi connectivity index (χ3v) is 9.28. The maximum atomic E-state index is 6.25. The predicted octanol–water partition coefficient (Wildman–Crippen LogP) is 8.48. The van der Waals surface area contributed by atoms with Crippen LogP contribution in [0.15, 0.2) is 97.4 Å². The summed E-state index contributed by atoms with van der Waals surface area (Å²) in [5.74, 6) is 0. The minimum Gasteiger partial charge on any atom is -0.407 e. The van der Waals surface area contributed by atoms with Crippen molar-refractivity contribution in [2.75, 3.05) is 0 Å². The molecule has 1 aliphatic rings. The molecule has 0 aromatic heterocycles. The van der Waals surface area contributed by atoms with Gasteiger partial charge in [-0.15, -0.1) is 13.2 Å². The lowest BCUT2D eigenvalue weighted by atomic mass is 10.1. The first kappa shape index (κ1) is 26.3. The smallest absolute Gasteiger partial charge is 0.211 e. The van der Waals surface area contributed by atoms with Crippen LogP contribution in [0.3, 0.4) is 0 Å².